The van der Waals surface area contributed by atoms with E-state index in [1.54, 1.807) is 30.5 Å². The molecule has 2 aromatic heterocycles. The van der Waals surface area contributed by atoms with Crippen LogP contribution in [0.15, 0.2) is 84.1 Å². The molecule has 11 heteroatoms. The lowest BCUT2D eigenvalue weighted by Gasteiger charge is -2.25. The van der Waals surface area contributed by atoms with Gasteiger partial charge in [0.15, 0.2) is 0 Å². The van der Waals surface area contributed by atoms with Crippen LogP contribution >= 0.6 is 0 Å². The van der Waals surface area contributed by atoms with Crippen molar-refractivity contribution in [1.82, 2.24) is 14.5 Å². The van der Waals surface area contributed by atoms with Crippen LogP contribution < -0.4 is 16.5 Å². The molecular formula is C32H29F4N5O2. The topological polar surface area (TPSA) is 93.2 Å². The molecule has 2 aromatic carbocycles. The van der Waals surface area contributed by atoms with Gasteiger partial charge in [-0.05, 0) is 65.6 Å². The number of hydrogen-bond acceptors (Lipinski definition) is 5. The van der Waals surface area contributed by atoms with Crippen LogP contribution in [0.25, 0.3) is 27.8 Å². The number of nitrogens with two attached hydrogens (primary N) is 1. The monoisotopic (exact) mass is 591 g/mol. The van der Waals surface area contributed by atoms with Crippen LogP contribution in [0.1, 0.15) is 29.3 Å². The molecule has 3 heterocycles. The number of amides is 1. The van der Waals surface area contributed by atoms with Gasteiger partial charge < -0.3 is 15.6 Å². The molecule has 0 unspecified atom stereocenters. The standard InChI is InChI=1S/C32H29F4N5O2/c1-2-40-13-11-20(12-14-40)23-15-26(30(37)38-16-23)21-5-9-25(10-6-21)39-31(43)28-18-41(19-32(34,35)36)17-27(29(28)42)22-3-7-24(33)8-4-22/h3-11,15-18H,2,12-14,19H2,1H3,(H2,37,38)(H,39,43). The smallest absolute Gasteiger partial charge is 0.383 e. The van der Waals surface area contributed by atoms with Gasteiger partial charge in [-0.25, -0.2) is 9.37 Å². The number of anilines is 2. The van der Waals surface area contributed by atoms with E-state index < -0.39 is 35.4 Å². The quantitative estimate of drug-likeness (QED) is 0.249. The van der Waals surface area contributed by atoms with Crippen LogP contribution in [0.3, 0.4) is 0 Å². The third-order valence-electron chi connectivity index (χ3n) is 7.32. The van der Waals surface area contributed by atoms with Gasteiger partial charge in [0.25, 0.3) is 5.91 Å². The van der Waals surface area contributed by atoms with Crippen molar-refractivity contribution >= 4 is 23.0 Å². The third kappa shape index (κ3) is 7.00. The molecule has 1 amide bonds. The molecule has 0 radical (unpaired) electrons. The number of halogens is 4. The van der Waals surface area contributed by atoms with Crippen molar-refractivity contribution in [3.8, 4) is 22.3 Å². The van der Waals surface area contributed by atoms with Gasteiger partial charge in [0.1, 0.15) is 23.7 Å². The van der Waals surface area contributed by atoms with Gasteiger partial charge >= 0.3 is 6.18 Å². The number of nitrogens with one attached hydrogen (secondary N) is 1. The Labute approximate surface area is 245 Å². The molecular weight excluding hydrogens is 562 g/mol. The minimum absolute atomic E-state index is 0.161. The lowest BCUT2D eigenvalue weighted by atomic mass is 9.97. The van der Waals surface area contributed by atoms with Crippen molar-refractivity contribution in [3.05, 3.63) is 106 Å². The first-order valence-electron chi connectivity index (χ1n) is 13.7. The van der Waals surface area contributed by atoms with Crippen LogP contribution in [-0.2, 0) is 6.54 Å². The largest absolute Gasteiger partial charge is 0.406 e. The minimum atomic E-state index is -4.60. The highest BCUT2D eigenvalue weighted by atomic mass is 19.4. The second-order valence-corrected chi connectivity index (χ2v) is 10.3. The highest BCUT2D eigenvalue weighted by molar-refractivity contribution is 6.04. The highest BCUT2D eigenvalue weighted by Crippen LogP contribution is 2.31. The van der Waals surface area contributed by atoms with Crippen LogP contribution in [0.5, 0.6) is 0 Å². The summed E-state index contributed by atoms with van der Waals surface area (Å²) in [6.07, 6.45) is 2.12. The first-order chi connectivity index (χ1) is 20.5. The van der Waals surface area contributed by atoms with Crippen molar-refractivity contribution in [2.45, 2.75) is 26.1 Å². The number of carbonyl (C=O) groups is 1. The maximum Gasteiger partial charge on any atom is 0.406 e. The zero-order chi connectivity index (χ0) is 30.7. The molecule has 0 saturated heterocycles. The van der Waals surface area contributed by atoms with Gasteiger partial charge in [0.2, 0.25) is 5.43 Å². The van der Waals surface area contributed by atoms with E-state index in [0.717, 1.165) is 71.8 Å². The molecule has 222 valence electrons. The fraction of sp³-hybridized carbons (Fsp3) is 0.219. The fourth-order valence-corrected chi connectivity index (χ4v) is 5.00. The molecule has 4 aromatic rings. The Bertz CT molecular complexity index is 1730. The third-order valence-corrected chi connectivity index (χ3v) is 7.32. The molecule has 0 saturated carbocycles. The predicted octanol–water partition coefficient (Wildman–Crippen LogP) is 6.22. The van der Waals surface area contributed by atoms with Crippen molar-refractivity contribution in [3.63, 3.8) is 0 Å². The van der Waals surface area contributed by atoms with E-state index >= 15 is 0 Å². The zero-order valence-corrected chi connectivity index (χ0v) is 23.3. The van der Waals surface area contributed by atoms with Gasteiger partial charge in [-0.2, -0.15) is 13.2 Å². The second kappa shape index (κ2) is 12.2. The van der Waals surface area contributed by atoms with Crippen LogP contribution in [0, 0.1) is 5.82 Å². The molecule has 0 spiro atoms. The molecule has 0 aliphatic carbocycles. The average molecular weight is 592 g/mol. The van der Waals surface area contributed by atoms with Gasteiger partial charge in [0.05, 0.1) is 0 Å². The van der Waals surface area contributed by atoms with E-state index in [1.165, 1.54) is 17.7 Å². The average Bonchev–Trinajstić information content (AvgIpc) is 2.98. The number of nitrogen functional groups attached to an aromatic ring is 1. The number of nitrogens with zero attached hydrogens (tertiary/aromatic N) is 3. The normalized spacial score (nSPS) is 13.9. The number of pyridine rings is 2. The number of carbonyl (C=O) groups excluding carboxylic acids is 1. The molecule has 3 N–H and O–H groups in total. The molecule has 0 fully saturated rings. The summed E-state index contributed by atoms with van der Waals surface area (Å²) >= 11 is 0. The van der Waals surface area contributed by atoms with Crippen LogP contribution in [0.4, 0.5) is 29.1 Å². The van der Waals surface area contributed by atoms with Gasteiger partial charge in [-0.3, -0.25) is 14.5 Å². The zero-order valence-electron chi connectivity index (χ0n) is 23.3. The van der Waals surface area contributed by atoms with Crippen LogP contribution in [0.2, 0.25) is 0 Å². The number of rotatable bonds is 7. The van der Waals surface area contributed by atoms with Crippen molar-refractivity contribution in [1.29, 1.82) is 0 Å². The van der Waals surface area contributed by atoms with Crippen LogP contribution in [-0.4, -0.2) is 46.2 Å². The number of benzene rings is 2. The summed E-state index contributed by atoms with van der Waals surface area (Å²) < 4.78 is 53.8. The highest BCUT2D eigenvalue weighted by Gasteiger charge is 2.29. The maximum atomic E-state index is 13.4. The Morgan fingerprint density at radius 3 is 2.30 bits per heavy atom. The number of aromatic nitrogens is 2. The molecule has 0 bridgehead atoms. The maximum absolute atomic E-state index is 13.4. The van der Waals surface area contributed by atoms with E-state index in [0.29, 0.717) is 11.5 Å². The number of likely N-dealkylation sites (N-methyl/N-ethyl adjacent to an activating group) is 1. The number of alkyl halides is 3. The SMILES string of the molecule is CCN1CC=C(c2cnc(N)c(-c3ccc(NC(=O)c4cn(CC(F)(F)F)cc(-c5ccc(F)cc5)c4=O)cc3)c2)CC1. The first kappa shape index (κ1) is 29.7. The predicted molar refractivity (Wildman–Crippen MR) is 159 cm³/mol. The Morgan fingerprint density at radius 2 is 1.67 bits per heavy atom. The van der Waals surface area contributed by atoms with E-state index in [2.05, 4.69) is 28.2 Å². The van der Waals surface area contributed by atoms with E-state index in [4.69, 9.17) is 5.73 Å². The Kier molecular flexibility index (Phi) is 8.45. The molecule has 7 nitrogen and oxygen atoms in total. The van der Waals surface area contributed by atoms with E-state index in [9.17, 15) is 27.2 Å². The molecule has 1 aliphatic rings. The lowest BCUT2D eigenvalue weighted by Crippen LogP contribution is -2.28. The Hall–Kier alpha value is -4.77. The Balaban J connectivity index is 1.40. The van der Waals surface area contributed by atoms with E-state index in [-0.39, 0.29) is 11.1 Å². The van der Waals surface area contributed by atoms with Gasteiger partial charge in [-0.1, -0.05) is 37.3 Å². The summed E-state index contributed by atoms with van der Waals surface area (Å²) in [6, 6.07) is 13.4. The molecule has 0 atom stereocenters. The van der Waals surface area contributed by atoms with Gasteiger partial charge in [0, 0.05) is 48.5 Å². The second-order valence-electron chi connectivity index (χ2n) is 10.3. The Morgan fingerprint density at radius 1 is 1.00 bits per heavy atom. The lowest BCUT2D eigenvalue weighted by molar-refractivity contribution is -0.140. The molecule has 43 heavy (non-hydrogen) atoms. The summed E-state index contributed by atoms with van der Waals surface area (Å²) in [5.74, 6) is -1.11. The first-order valence-corrected chi connectivity index (χ1v) is 13.7. The summed E-state index contributed by atoms with van der Waals surface area (Å²) in [5.41, 5.74) is 8.90. The summed E-state index contributed by atoms with van der Waals surface area (Å²) in [5, 5.41) is 2.59. The van der Waals surface area contributed by atoms with E-state index in [1.807, 2.05) is 6.07 Å². The van der Waals surface area contributed by atoms with Crippen molar-refractivity contribution in [2.24, 2.45) is 0 Å². The number of hydrogen-bond donors (Lipinski definition) is 2. The minimum Gasteiger partial charge on any atom is -0.383 e. The fourth-order valence-electron chi connectivity index (χ4n) is 5.00. The van der Waals surface area contributed by atoms with Crippen molar-refractivity contribution < 1.29 is 22.4 Å². The molecule has 5 rings (SSSR count). The van der Waals surface area contributed by atoms with Crippen molar-refractivity contribution in [2.75, 3.05) is 30.7 Å². The molecule has 1 aliphatic heterocycles. The summed E-state index contributed by atoms with van der Waals surface area (Å²) in [6.45, 7) is 3.53. The summed E-state index contributed by atoms with van der Waals surface area (Å²) in [7, 11) is 0. The van der Waals surface area contributed by atoms with Gasteiger partial charge in [-0.15, -0.1) is 0 Å². The summed E-state index contributed by atoms with van der Waals surface area (Å²) in [4.78, 5) is 33.1.